The van der Waals surface area contributed by atoms with Crippen molar-refractivity contribution in [2.75, 3.05) is 12.3 Å². The zero-order chi connectivity index (χ0) is 14.8. The van der Waals surface area contributed by atoms with Gasteiger partial charge in [0.05, 0.1) is 5.56 Å². The summed E-state index contributed by atoms with van der Waals surface area (Å²) >= 11 is 1.73. The highest BCUT2D eigenvalue weighted by molar-refractivity contribution is 8.00. The molecule has 2 nitrogen and oxygen atoms in total. The Morgan fingerprint density at radius 1 is 1.40 bits per heavy atom. The van der Waals surface area contributed by atoms with Crippen LogP contribution in [-0.4, -0.2) is 23.5 Å². The number of amides is 1. The van der Waals surface area contributed by atoms with Crippen LogP contribution in [0.2, 0.25) is 0 Å². The number of nitrogens with one attached hydrogen (secondary N) is 1. The summed E-state index contributed by atoms with van der Waals surface area (Å²) in [5.41, 5.74) is -1.60. The first kappa shape index (κ1) is 15.2. The first-order valence-electron chi connectivity index (χ1n) is 6.14. The van der Waals surface area contributed by atoms with Crippen molar-refractivity contribution < 1.29 is 22.4 Å². The molecule has 0 aromatic heterocycles. The summed E-state index contributed by atoms with van der Waals surface area (Å²) in [6.07, 6.45) is -2.73. The fourth-order valence-corrected chi connectivity index (χ4v) is 3.20. The zero-order valence-electron chi connectivity index (χ0n) is 10.5. The molecule has 0 spiro atoms. The maximum atomic E-state index is 13.1. The Balaban J connectivity index is 2.06. The van der Waals surface area contributed by atoms with Crippen LogP contribution in [0.3, 0.4) is 0 Å². The number of thioether (sulfide) groups is 1. The number of halogens is 4. The summed E-state index contributed by atoms with van der Waals surface area (Å²) in [5.74, 6) is -0.946. The van der Waals surface area contributed by atoms with Gasteiger partial charge in [-0.3, -0.25) is 4.79 Å². The van der Waals surface area contributed by atoms with E-state index < -0.39 is 23.5 Å². The Morgan fingerprint density at radius 3 is 2.75 bits per heavy atom. The van der Waals surface area contributed by atoms with Crippen LogP contribution in [0.4, 0.5) is 17.6 Å². The second-order valence-corrected chi connectivity index (χ2v) is 5.95. The molecule has 1 fully saturated rings. The van der Waals surface area contributed by atoms with Gasteiger partial charge in [0.2, 0.25) is 0 Å². The molecule has 1 saturated heterocycles. The third kappa shape index (κ3) is 3.65. The SMILES string of the molecule is O=C(NCC1CCCS1)c1ccc(F)c(C(F)(F)F)c1. The van der Waals surface area contributed by atoms with Crippen molar-refractivity contribution >= 4 is 17.7 Å². The van der Waals surface area contributed by atoms with Crippen molar-refractivity contribution in [2.24, 2.45) is 0 Å². The maximum absolute atomic E-state index is 13.1. The van der Waals surface area contributed by atoms with Crippen LogP contribution in [0.15, 0.2) is 18.2 Å². The number of hydrogen-bond acceptors (Lipinski definition) is 2. The molecule has 2 rings (SSSR count). The Kier molecular flexibility index (Phi) is 4.57. The van der Waals surface area contributed by atoms with Gasteiger partial charge in [-0.2, -0.15) is 24.9 Å². The number of carbonyl (C=O) groups excluding carboxylic acids is 1. The molecule has 1 amide bonds. The highest BCUT2D eigenvalue weighted by atomic mass is 32.2. The molecule has 1 unspecified atom stereocenters. The van der Waals surface area contributed by atoms with Crippen molar-refractivity contribution in [1.29, 1.82) is 0 Å². The molecular formula is C13H13F4NOS. The average molecular weight is 307 g/mol. The lowest BCUT2D eigenvalue weighted by Crippen LogP contribution is -2.30. The monoisotopic (exact) mass is 307 g/mol. The van der Waals surface area contributed by atoms with E-state index in [1.54, 1.807) is 11.8 Å². The van der Waals surface area contributed by atoms with Gasteiger partial charge < -0.3 is 5.32 Å². The molecule has 1 heterocycles. The van der Waals surface area contributed by atoms with E-state index in [1.807, 2.05) is 0 Å². The molecular weight excluding hydrogens is 294 g/mol. The van der Waals surface area contributed by atoms with E-state index in [2.05, 4.69) is 5.32 Å². The van der Waals surface area contributed by atoms with E-state index in [-0.39, 0.29) is 5.56 Å². The molecule has 0 radical (unpaired) electrons. The second kappa shape index (κ2) is 6.03. The Morgan fingerprint density at radius 2 is 2.15 bits per heavy atom. The topological polar surface area (TPSA) is 29.1 Å². The van der Waals surface area contributed by atoms with Gasteiger partial charge in [0, 0.05) is 17.4 Å². The Labute approximate surface area is 117 Å². The summed E-state index contributed by atoms with van der Waals surface area (Å²) < 4.78 is 50.8. The smallest absolute Gasteiger partial charge is 0.351 e. The molecule has 7 heteroatoms. The lowest BCUT2D eigenvalue weighted by atomic mass is 10.1. The normalized spacial score (nSPS) is 19.1. The van der Waals surface area contributed by atoms with Crippen LogP contribution in [0.25, 0.3) is 0 Å². The first-order valence-corrected chi connectivity index (χ1v) is 7.19. The molecule has 0 bridgehead atoms. The summed E-state index contributed by atoms with van der Waals surface area (Å²) in [6.45, 7) is 0.419. The van der Waals surface area contributed by atoms with Gasteiger partial charge in [-0.05, 0) is 36.8 Å². The fraction of sp³-hybridized carbons (Fsp3) is 0.462. The van der Waals surface area contributed by atoms with Crippen LogP contribution < -0.4 is 5.32 Å². The molecule has 1 aromatic rings. The first-order chi connectivity index (χ1) is 9.38. The van der Waals surface area contributed by atoms with Gasteiger partial charge in [-0.15, -0.1) is 0 Å². The minimum atomic E-state index is -4.80. The van der Waals surface area contributed by atoms with Gasteiger partial charge >= 0.3 is 6.18 Å². The minimum Gasteiger partial charge on any atom is -0.351 e. The van der Waals surface area contributed by atoms with Crippen LogP contribution in [-0.2, 0) is 6.18 Å². The van der Waals surface area contributed by atoms with Gasteiger partial charge in [0.15, 0.2) is 0 Å². The van der Waals surface area contributed by atoms with E-state index in [0.29, 0.717) is 23.9 Å². The number of benzene rings is 1. The third-order valence-corrected chi connectivity index (χ3v) is 4.45. The van der Waals surface area contributed by atoms with Crippen molar-refractivity contribution in [2.45, 2.75) is 24.3 Å². The molecule has 110 valence electrons. The van der Waals surface area contributed by atoms with Crippen molar-refractivity contribution in [3.8, 4) is 0 Å². The third-order valence-electron chi connectivity index (χ3n) is 3.05. The number of rotatable bonds is 3. The van der Waals surface area contributed by atoms with E-state index in [4.69, 9.17) is 0 Å². The van der Waals surface area contributed by atoms with E-state index in [9.17, 15) is 22.4 Å². The lowest BCUT2D eigenvalue weighted by molar-refractivity contribution is -0.140. The van der Waals surface area contributed by atoms with Gasteiger partial charge in [-0.1, -0.05) is 0 Å². The molecule has 20 heavy (non-hydrogen) atoms. The molecule has 0 aliphatic carbocycles. The number of carbonyl (C=O) groups is 1. The lowest BCUT2D eigenvalue weighted by Gasteiger charge is -2.12. The number of alkyl halides is 3. The average Bonchev–Trinajstić information content (AvgIpc) is 2.88. The van der Waals surface area contributed by atoms with Crippen LogP contribution in [0.1, 0.15) is 28.8 Å². The van der Waals surface area contributed by atoms with E-state index in [1.165, 1.54) is 0 Å². The van der Waals surface area contributed by atoms with Crippen molar-refractivity contribution in [1.82, 2.24) is 5.32 Å². The van der Waals surface area contributed by atoms with Crippen molar-refractivity contribution in [3.63, 3.8) is 0 Å². The minimum absolute atomic E-state index is 0.179. The predicted molar refractivity (Wildman–Crippen MR) is 69.2 cm³/mol. The van der Waals surface area contributed by atoms with Crippen LogP contribution >= 0.6 is 11.8 Å². The maximum Gasteiger partial charge on any atom is 0.419 e. The van der Waals surface area contributed by atoms with E-state index in [0.717, 1.165) is 24.7 Å². The van der Waals surface area contributed by atoms with Crippen molar-refractivity contribution in [3.05, 3.63) is 35.1 Å². The van der Waals surface area contributed by atoms with Gasteiger partial charge in [0.25, 0.3) is 5.91 Å². The highest BCUT2D eigenvalue weighted by Gasteiger charge is 2.34. The zero-order valence-corrected chi connectivity index (χ0v) is 11.3. The quantitative estimate of drug-likeness (QED) is 0.866. The fourth-order valence-electron chi connectivity index (χ4n) is 2.00. The summed E-state index contributed by atoms with van der Waals surface area (Å²) in [7, 11) is 0. The van der Waals surface area contributed by atoms with E-state index >= 15 is 0 Å². The summed E-state index contributed by atoms with van der Waals surface area (Å²) in [6, 6.07) is 2.27. The summed E-state index contributed by atoms with van der Waals surface area (Å²) in [4.78, 5) is 11.8. The molecule has 1 aliphatic rings. The molecule has 1 atom stereocenters. The second-order valence-electron chi connectivity index (χ2n) is 4.54. The van der Waals surface area contributed by atoms with Crippen LogP contribution in [0, 0.1) is 5.82 Å². The molecule has 1 aliphatic heterocycles. The van der Waals surface area contributed by atoms with Crippen LogP contribution in [0.5, 0.6) is 0 Å². The molecule has 1 aromatic carbocycles. The predicted octanol–water partition coefficient (Wildman–Crippen LogP) is 3.47. The standard InChI is InChI=1S/C13H13F4NOS/c14-11-4-3-8(6-10(11)13(15,16)17)12(19)18-7-9-2-1-5-20-9/h3-4,6,9H,1-2,5,7H2,(H,18,19). The Bertz CT molecular complexity index is 498. The molecule has 0 saturated carbocycles. The largest absolute Gasteiger partial charge is 0.419 e. The molecule has 1 N–H and O–H groups in total. The summed E-state index contributed by atoms with van der Waals surface area (Å²) in [5, 5.41) is 2.90. The Hall–Kier alpha value is -1.24. The van der Waals surface area contributed by atoms with Gasteiger partial charge in [-0.25, -0.2) is 4.39 Å². The number of hydrogen-bond donors (Lipinski definition) is 1. The van der Waals surface area contributed by atoms with Gasteiger partial charge in [0.1, 0.15) is 5.82 Å². The highest BCUT2D eigenvalue weighted by Crippen LogP contribution is 2.32.